The Morgan fingerprint density at radius 2 is 1.68 bits per heavy atom. The topological polar surface area (TPSA) is 64.1 Å². The third-order valence-electron chi connectivity index (χ3n) is 7.61. The van der Waals surface area contributed by atoms with E-state index < -0.39 is 0 Å². The molecule has 6 rings (SSSR count). The number of carbonyl (C=O) groups is 1. The zero-order valence-corrected chi connectivity index (χ0v) is 21.2. The monoisotopic (exact) mass is 490 g/mol. The second kappa shape index (κ2) is 9.40. The fraction of sp³-hybridized carbons (Fsp3) is 0.250. The van der Waals surface area contributed by atoms with E-state index in [1.807, 2.05) is 66.7 Å². The van der Waals surface area contributed by atoms with Crippen LogP contribution in [0.3, 0.4) is 0 Å². The molecule has 1 atom stereocenters. The summed E-state index contributed by atoms with van der Waals surface area (Å²) >= 11 is 0. The van der Waals surface area contributed by atoms with E-state index >= 15 is 0 Å². The number of carbonyl (C=O) groups excluding carboxylic acids is 1. The summed E-state index contributed by atoms with van der Waals surface area (Å²) in [4.78, 5) is 31.0. The highest BCUT2D eigenvalue weighted by Gasteiger charge is 2.33. The Balaban J connectivity index is 1.49. The molecule has 1 unspecified atom stereocenters. The Kier molecular flexibility index (Phi) is 5.91. The highest BCUT2D eigenvalue weighted by molar-refractivity contribution is 6.25. The number of ketones is 1. The Morgan fingerprint density at radius 1 is 0.919 bits per heavy atom. The summed E-state index contributed by atoms with van der Waals surface area (Å²) < 4.78 is 7.70. The number of H-pyrrole nitrogens is 1. The van der Waals surface area contributed by atoms with Crippen molar-refractivity contribution in [3.05, 3.63) is 94.4 Å². The molecule has 186 valence electrons. The van der Waals surface area contributed by atoms with E-state index in [1.165, 1.54) is 19.3 Å². The molecule has 1 N–H and O–H groups in total. The molecule has 0 saturated heterocycles. The fourth-order valence-electron chi connectivity index (χ4n) is 5.54. The quantitative estimate of drug-likeness (QED) is 0.244. The number of para-hydroxylation sites is 2. The smallest absolute Gasteiger partial charge is 0.264 e. The molecule has 37 heavy (non-hydrogen) atoms. The predicted octanol–water partition coefficient (Wildman–Crippen LogP) is 7.28. The van der Waals surface area contributed by atoms with Gasteiger partial charge < -0.3 is 9.72 Å². The minimum atomic E-state index is -0.190. The number of unbranched alkanes of at least 4 members (excludes halogenated alkanes) is 1. The maximum atomic E-state index is 14.1. The van der Waals surface area contributed by atoms with Crippen LogP contribution in [-0.2, 0) is 0 Å². The summed E-state index contributed by atoms with van der Waals surface area (Å²) in [5.74, 6) is 1.22. The van der Waals surface area contributed by atoms with Crippen LogP contribution in [0, 0.1) is 5.92 Å². The number of aromatic amines is 1. The first-order valence-electron chi connectivity index (χ1n) is 13.2. The summed E-state index contributed by atoms with van der Waals surface area (Å²) in [5.41, 5.74) is 4.37. The van der Waals surface area contributed by atoms with Gasteiger partial charge in [-0.15, -0.1) is 0 Å². The van der Waals surface area contributed by atoms with Crippen molar-refractivity contribution < 1.29 is 9.53 Å². The molecule has 0 radical (unpaired) electrons. The average Bonchev–Trinajstić information content (AvgIpc) is 3.46. The number of benzene rings is 3. The summed E-state index contributed by atoms with van der Waals surface area (Å²) in [7, 11) is 0. The van der Waals surface area contributed by atoms with E-state index in [9.17, 15) is 9.59 Å². The van der Waals surface area contributed by atoms with Crippen LogP contribution in [0.15, 0.2) is 77.6 Å². The third kappa shape index (κ3) is 3.77. The van der Waals surface area contributed by atoms with Gasteiger partial charge in [-0.2, -0.15) is 0 Å². The normalized spacial score (nSPS) is 13.2. The molecule has 0 bridgehead atoms. The van der Waals surface area contributed by atoms with E-state index in [-0.39, 0.29) is 11.3 Å². The number of nitrogens with one attached hydrogen (secondary N) is 1. The molecule has 1 aliphatic heterocycles. The molecule has 2 aromatic heterocycles. The van der Waals surface area contributed by atoms with Crippen LogP contribution in [0.1, 0.15) is 55.6 Å². The maximum Gasteiger partial charge on any atom is 0.264 e. The number of hydrogen-bond acceptors (Lipinski definition) is 3. The van der Waals surface area contributed by atoms with Crippen molar-refractivity contribution in [3.63, 3.8) is 0 Å². The Labute approximate surface area is 215 Å². The molecule has 0 fully saturated rings. The molecular weight excluding hydrogens is 460 g/mol. The van der Waals surface area contributed by atoms with Crippen molar-refractivity contribution >= 4 is 27.6 Å². The van der Waals surface area contributed by atoms with Crippen LogP contribution >= 0.6 is 0 Å². The van der Waals surface area contributed by atoms with Crippen LogP contribution in [0.2, 0.25) is 0 Å². The number of ether oxygens (including phenoxy) is 1. The van der Waals surface area contributed by atoms with E-state index in [2.05, 4.69) is 18.8 Å². The Hall–Kier alpha value is -4.12. The minimum Gasteiger partial charge on any atom is -0.493 e. The maximum absolute atomic E-state index is 14.1. The van der Waals surface area contributed by atoms with Crippen LogP contribution in [0.5, 0.6) is 5.75 Å². The van der Waals surface area contributed by atoms with Crippen molar-refractivity contribution in [1.82, 2.24) is 9.55 Å². The molecule has 3 heterocycles. The summed E-state index contributed by atoms with van der Waals surface area (Å²) in [6, 6.07) is 23.0. The number of fused-ring (bicyclic) bond motifs is 7. The Bertz CT molecular complexity index is 1690. The average molecular weight is 491 g/mol. The molecule has 0 spiro atoms. The van der Waals surface area contributed by atoms with Crippen molar-refractivity contribution in [2.75, 3.05) is 6.61 Å². The van der Waals surface area contributed by atoms with Gasteiger partial charge in [-0.05, 0) is 48.2 Å². The van der Waals surface area contributed by atoms with Gasteiger partial charge in [0.25, 0.3) is 5.56 Å². The van der Waals surface area contributed by atoms with Crippen molar-refractivity contribution in [1.29, 1.82) is 0 Å². The molecule has 5 heteroatoms. The van der Waals surface area contributed by atoms with E-state index in [1.54, 1.807) is 10.6 Å². The Morgan fingerprint density at radius 3 is 2.46 bits per heavy atom. The second-order valence-electron chi connectivity index (χ2n) is 9.88. The van der Waals surface area contributed by atoms with Gasteiger partial charge in [0.05, 0.1) is 23.4 Å². The van der Waals surface area contributed by atoms with Crippen LogP contribution in [-0.4, -0.2) is 21.9 Å². The van der Waals surface area contributed by atoms with Crippen molar-refractivity contribution in [3.8, 4) is 22.6 Å². The SMILES string of the molecule is CCCCC(CC)COc1ccc(-c2c(=O)n3c(c4[nH]c5ccccc5c24)C(=O)c2ccccc2-3)cc1. The lowest BCUT2D eigenvalue weighted by molar-refractivity contribution is 0.104. The van der Waals surface area contributed by atoms with Crippen molar-refractivity contribution in [2.24, 2.45) is 5.92 Å². The number of hydrogen-bond donors (Lipinski definition) is 1. The highest BCUT2D eigenvalue weighted by atomic mass is 16.5. The van der Waals surface area contributed by atoms with Gasteiger partial charge in [-0.1, -0.05) is 75.6 Å². The number of rotatable bonds is 8. The van der Waals surface area contributed by atoms with Crippen molar-refractivity contribution in [2.45, 2.75) is 39.5 Å². The number of pyridine rings is 1. The lowest BCUT2D eigenvalue weighted by Gasteiger charge is -2.16. The summed E-state index contributed by atoms with van der Waals surface area (Å²) in [6.45, 7) is 5.12. The lowest BCUT2D eigenvalue weighted by Crippen LogP contribution is -2.22. The first-order valence-corrected chi connectivity index (χ1v) is 13.2. The first-order chi connectivity index (χ1) is 18.1. The lowest BCUT2D eigenvalue weighted by atomic mass is 9.99. The standard InChI is InChI=1S/C32H30N2O3/c1-3-5-10-20(4-2)19-37-22-17-15-21(16-18-22)27-28-23-11-6-8-13-25(23)33-29(28)30-31(35)24-12-7-9-14-26(24)34(30)32(27)36/h6-9,11-18,20,33H,3-5,10,19H2,1-2H3. The van der Waals surface area contributed by atoms with Gasteiger partial charge in [0.1, 0.15) is 11.4 Å². The molecule has 5 nitrogen and oxygen atoms in total. The van der Waals surface area contributed by atoms with Gasteiger partial charge in [0.15, 0.2) is 0 Å². The van der Waals surface area contributed by atoms with Gasteiger partial charge in [-0.3, -0.25) is 14.2 Å². The molecule has 1 aliphatic rings. The molecule has 3 aromatic carbocycles. The molecule has 0 aliphatic carbocycles. The summed E-state index contributed by atoms with van der Waals surface area (Å²) in [5, 5.41) is 1.71. The van der Waals surface area contributed by atoms with Gasteiger partial charge in [0.2, 0.25) is 5.78 Å². The zero-order chi connectivity index (χ0) is 25.5. The predicted molar refractivity (Wildman–Crippen MR) is 149 cm³/mol. The molecule has 0 saturated carbocycles. The highest BCUT2D eigenvalue weighted by Crippen LogP contribution is 2.39. The molecule has 0 amide bonds. The van der Waals surface area contributed by atoms with Crippen LogP contribution < -0.4 is 10.3 Å². The summed E-state index contributed by atoms with van der Waals surface area (Å²) in [6.07, 6.45) is 4.69. The van der Waals surface area contributed by atoms with E-state index in [0.717, 1.165) is 34.0 Å². The zero-order valence-electron chi connectivity index (χ0n) is 21.2. The molecule has 5 aromatic rings. The van der Waals surface area contributed by atoms with Crippen LogP contribution in [0.25, 0.3) is 38.6 Å². The van der Waals surface area contributed by atoms with Gasteiger partial charge in [-0.25, -0.2) is 0 Å². The van der Waals surface area contributed by atoms with Gasteiger partial charge in [0, 0.05) is 21.9 Å². The first kappa shape index (κ1) is 23.3. The van der Waals surface area contributed by atoms with Gasteiger partial charge >= 0.3 is 0 Å². The third-order valence-corrected chi connectivity index (χ3v) is 7.61. The molecular formula is C32H30N2O3. The van der Waals surface area contributed by atoms with Crippen LogP contribution in [0.4, 0.5) is 0 Å². The van der Waals surface area contributed by atoms with E-state index in [4.69, 9.17) is 4.74 Å². The fourth-order valence-corrected chi connectivity index (χ4v) is 5.54. The second-order valence-corrected chi connectivity index (χ2v) is 9.88. The number of aromatic nitrogens is 2. The number of nitrogens with zero attached hydrogens (tertiary/aromatic N) is 1. The minimum absolute atomic E-state index is 0.131. The van der Waals surface area contributed by atoms with E-state index in [0.29, 0.717) is 40.5 Å². The largest absolute Gasteiger partial charge is 0.493 e.